The second-order valence-electron chi connectivity index (χ2n) is 4.25. The summed E-state index contributed by atoms with van der Waals surface area (Å²) >= 11 is 4.73. The molecular weight excluding hydrogens is 330 g/mol. The number of esters is 1. The number of amides is 1. The Kier molecular flexibility index (Phi) is 5.27. The lowest BCUT2D eigenvalue weighted by atomic mass is 10.4. The average molecular weight is 344 g/mol. The van der Waals surface area contributed by atoms with E-state index in [1.165, 1.54) is 11.8 Å². The van der Waals surface area contributed by atoms with Gasteiger partial charge in [-0.05, 0) is 37.1 Å². The van der Waals surface area contributed by atoms with E-state index in [1.807, 2.05) is 24.3 Å². The zero-order valence-electron chi connectivity index (χ0n) is 10.2. The first-order valence-corrected chi connectivity index (χ1v) is 7.75. The Labute approximate surface area is 124 Å². The summed E-state index contributed by atoms with van der Waals surface area (Å²) in [4.78, 5) is 23.8. The molecule has 0 bridgehead atoms. The summed E-state index contributed by atoms with van der Waals surface area (Å²) in [6, 6.07) is 7.96. The maximum atomic E-state index is 11.5. The van der Waals surface area contributed by atoms with Crippen molar-refractivity contribution in [3.8, 4) is 0 Å². The summed E-state index contributed by atoms with van der Waals surface area (Å²) in [5, 5.41) is 2.76. The minimum Gasteiger partial charge on any atom is -0.455 e. The van der Waals surface area contributed by atoms with Crippen LogP contribution in [0.15, 0.2) is 33.6 Å². The van der Waals surface area contributed by atoms with Gasteiger partial charge in [-0.3, -0.25) is 9.59 Å². The molecule has 1 N–H and O–H groups in total. The molecule has 4 nitrogen and oxygen atoms in total. The van der Waals surface area contributed by atoms with E-state index in [1.54, 1.807) is 0 Å². The molecule has 0 atom stereocenters. The van der Waals surface area contributed by atoms with E-state index in [9.17, 15) is 9.59 Å². The fourth-order valence-electron chi connectivity index (χ4n) is 1.36. The van der Waals surface area contributed by atoms with Crippen molar-refractivity contribution < 1.29 is 14.3 Å². The lowest BCUT2D eigenvalue weighted by molar-refractivity contribution is -0.145. The van der Waals surface area contributed by atoms with Crippen LogP contribution in [0, 0.1) is 0 Å². The smallest absolute Gasteiger partial charge is 0.316 e. The first-order chi connectivity index (χ1) is 9.13. The number of carbonyl (C=O) groups excluding carboxylic acids is 2. The van der Waals surface area contributed by atoms with E-state index in [-0.39, 0.29) is 24.2 Å². The van der Waals surface area contributed by atoms with Crippen molar-refractivity contribution in [3.63, 3.8) is 0 Å². The van der Waals surface area contributed by atoms with Gasteiger partial charge in [0.1, 0.15) is 0 Å². The van der Waals surface area contributed by atoms with Crippen molar-refractivity contribution in [3.05, 3.63) is 28.7 Å². The van der Waals surface area contributed by atoms with Gasteiger partial charge >= 0.3 is 5.97 Å². The Balaban J connectivity index is 1.63. The molecular formula is C13H14BrNO3S. The van der Waals surface area contributed by atoms with Gasteiger partial charge < -0.3 is 10.1 Å². The Morgan fingerprint density at radius 1 is 1.32 bits per heavy atom. The largest absolute Gasteiger partial charge is 0.455 e. The monoisotopic (exact) mass is 343 g/mol. The van der Waals surface area contributed by atoms with Crippen LogP contribution in [-0.4, -0.2) is 30.3 Å². The molecule has 1 aromatic rings. The highest BCUT2D eigenvalue weighted by molar-refractivity contribution is 9.10. The second-order valence-corrected chi connectivity index (χ2v) is 6.21. The maximum absolute atomic E-state index is 11.5. The van der Waals surface area contributed by atoms with Crippen molar-refractivity contribution in [2.75, 3.05) is 12.4 Å². The predicted octanol–water partition coefficient (Wildman–Crippen LogP) is 2.36. The predicted molar refractivity (Wildman–Crippen MR) is 77.0 cm³/mol. The Hall–Kier alpha value is -1.01. The van der Waals surface area contributed by atoms with Gasteiger partial charge in [-0.25, -0.2) is 0 Å². The van der Waals surface area contributed by atoms with E-state index in [4.69, 9.17) is 4.74 Å². The molecule has 0 unspecified atom stereocenters. The lowest BCUT2D eigenvalue weighted by Crippen LogP contribution is -2.30. The van der Waals surface area contributed by atoms with Gasteiger partial charge in [-0.2, -0.15) is 0 Å². The lowest BCUT2D eigenvalue weighted by Gasteiger charge is -2.05. The molecule has 1 aromatic carbocycles. The fourth-order valence-corrected chi connectivity index (χ4v) is 2.32. The molecule has 0 spiro atoms. The molecule has 6 heteroatoms. The summed E-state index contributed by atoms with van der Waals surface area (Å²) in [5.74, 6) is -0.387. The van der Waals surface area contributed by atoms with Gasteiger partial charge in [0.15, 0.2) is 6.61 Å². The first-order valence-electron chi connectivity index (χ1n) is 5.97. The van der Waals surface area contributed by atoms with Crippen LogP contribution in [0.25, 0.3) is 0 Å². The first kappa shape index (κ1) is 14.4. The number of halogens is 1. The molecule has 1 saturated carbocycles. The van der Waals surface area contributed by atoms with Crippen LogP contribution < -0.4 is 5.32 Å². The Morgan fingerprint density at radius 3 is 2.63 bits per heavy atom. The highest BCUT2D eigenvalue weighted by Gasteiger charge is 2.23. The van der Waals surface area contributed by atoms with Crippen molar-refractivity contribution in [1.82, 2.24) is 5.32 Å². The minimum absolute atomic E-state index is 0.184. The number of rotatable bonds is 6. The summed E-state index contributed by atoms with van der Waals surface area (Å²) < 4.78 is 5.89. The molecule has 0 heterocycles. The van der Waals surface area contributed by atoms with Crippen molar-refractivity contribution in [2.24, 2.45) is 0 Å². The van der Waals surface area contributed by atoms with Gasteiger partial charge in [0.05, 0.1) is 5.75 Å². The van der Waals surface area contributed by atoms with Gasteiger partial charge in [-0.15, -0.1) is 11.8 Å². The van der Waals surface area contributed by atoms with Gasteiger partial charge in [-0.1, -0.05) is 15.9 Å². The Bertz CT molecular complexity index is 459. The van der Waals surface area contributed by atoms with Crippen molar-refractivity contribution in [1.29, 1.82) is 0 Å². The van der Waals surface area contributed by atoms with Crippen LogP contribution >= 0.6 is 27.7 Å². The van der Waals surface area contributed by atoms with Crippen molar-refractivity contribution in [2.45, 2.75) is 23.8 Å². The van der Waals surface area contributed by atoms with Crippen molar-refractivity contribution >= 4 is 39.6 Å². The number of ether oxygens (including phenoxy) is 1. The molecule has 19 heavy (non-hydrogen) atoms. The molecule has 1 amide bonds. The normalized spacial score (nSPS) is 13.9. The van der Waals surface area contributed by atoms with Crippen LogP contribution in [0.3, 0.4) is 0 Å². The Morgan fingerprint density at radius 2 is 2.00 bits per heavy atom. The zero-order chi connectivity index (χ0) is 13.7. The third-order valence-electron chi connectivity index (χ3n) is 2.48. The van der Waals surface area contributed by atoms with E-state index < -0.39 is 0 Å². The number of carbonyl (C=O) groups is 2. The van der Waals surface area contributed by atoms with Crippen LogP contribution in [0.4, 0.5) is 0 Å². The highest BCUT2D eigenvalue weighted by Crippen LogP contribution is 2.20. The zero-order valence-corrected chi connectivity index (χ0v) is 12.6. The highest BCUT2D eigenvalue weighted by atomic mass is 79.9. The molecule has 1 fully saturated rings. The number of hydrogen-bond acceptors (Lipinski definition) is 4. The van der Waals surface area contributed by atoms with Gasteiger partial charge in [0.25, 0.3) is 5.91 Å². The third kappa shape index (κ3) is 5.65. The van der Waals surface area contributed by atoms with Gasteiger partial charge in [0, 0.05) is 15.4 Å². The van der Waals surface area contributed by atoms with E-state index in [0.29, 0.717) is 6.04 Å². The van der Waals surface area contributed by atoms with Crippen LogP contribution in [0.1, 0.15) is 12.8 Å². The van der Waals surface area contributed by atoms with Crippen LogP contribution in [-0.2, 0) is 14.3 Å². The summed E-state index contributed by atoms with van der Waals surface area (Å²) in [6.07, 6.45) is 2.05. The quantitative estimate of drug-likeness (QED) is 0.636. The van der Waals surface area contributed by atoms with Crippen LogP contribution in [0.5, 0.6) is 0 Å². The van der Waals surface area contributed by atoms with Gasteiger partial charge in [0.2, 0.25) is 0 Å². The molecule has 1 aliphatic rings. The second kappa shape index (κ2) is 6.96. The van der Waals surface area contributed by atoms with Crippen LogP contribution in [0.2, 0.25) is 0 Å². The standard InChI is InChI=1S/C13H14BrNO3S/c14-9-1-5-11(6-2-9)19-8-13(17)18-7-12(16)15-10-3-4-10/h1-2,5-6,10H,3-4,7-8H2,(H,15,16). The maximum Gasteiger partial charge on any atom is 0.316 e. The summed E-state index contributed by atoms with van der Waals surface area (Å²) in [5.41, 5.74) is 0. The topological polar surface area (TPSA) is 55.4 Å². The molecule has 2 rings (SSSR count). The number of benzene rings is 1. The third-order valence-corrected chi connectivity index (χ3v) is 3.99. The van der Waals surface area contributed by atoms with E-state index in [2.05, 4.69) is 21.2 Å². The van der Waals surface area contributed by atoms with E-state index in [0.717, 1.165) is 22.2 Å². The molecule has 1 aliphatic carbocycles. The molecule has 102 valence electrons. The molecule has 0 radical (unpaired) electrons. The minimum atomic E-state index is -0.376. The molecule has 0 aliphatic heterocycles. The average Bonchev–Trinajstić information content (AvgIpc) is 3.19. The molecule has 0 aromatic heterocycles. The van der Waals surface area contributed by atoms with E-state index >= 15 is 0 Å². The number of nitrogens with one attached hydrogen (secondary N) is 1. The summed E-state index contributed by atoms with van der Waals surface area (Å²) in [7, 11) is 0. The number of hydrogen-bond donors (Lipinski definition) is 1. The molecule has 0 saturated heterocycles. The summed E-state index contributed by atoms with van der Waals surface area (Å²) in [6.45, 7) is -0.184. The fraction of sp³-hybridized carbons (Fsp3) is 0.385. The SMILES string of the molecule is O=C(COC(=O)CSc1ccc(Br)cc1)NC1CC1. The number of thioether (sulfide) groups is 1.